The van der Waals surface area contributed by atoms with Crippen LogP contribution in [0.2, 0.25) is 0 Å². The van der Waals surface area contributed by atoms with Crippen LogP contribution in [0.5, 0.6) is 0 Å². The Morgan fingerprint density at radius 3 is 2.41 bits per heavy atom. The highest BCUT2D eigenvalue weighted by Crippen LogP contribution is 2.15. The molecule has 1 aromatic rings. The zero-order chi connectivity index (χ0) is 12.9. The fraction of sp³-hybridized carbons (Fsp3) is 0.417. The number of nitrogens with one attached hydrogen (secondary N) is 1. The minimum absolute atomic E-state index is 0.108. The molecule has 92 valence electrons. The van der Waals surface area contributed by atoms with Gasteiger partial charge in [-0.25, -0.2) is 8.42 Å². The van der Waals surface area contributed by atoms with Crippen molar-refractivity contribution in [1.82, 2.24) is 5.32 Å². The van der Waals surface area contributed by atoms with Crippen LogP contribution in [0.4, 0.5) is 0 Å². The lowest BCUT2D eigenvalue weighted by Gasteiger charge is -2.13. The fourth-order valence-corrected chi connectivity index (χ4v) is 2.10. The summed E-state index contributed by atoms with van der Waals surface area (Å²) in [5.41, 5.74) is 1.01. The van der Waals surface area contributed by atoms with Crippen molar-refractivity contribution in [1.29, 1.82) is 5.26 Å². The Balaban J connectivity index is 2.71. The molecular weight excluding hydrogens is 236 g/mol. The number of hydrogen-bond acceptors (Lipinski definition) is 4. The molecule has 0 amide bonds. The highest BCUT2D eigenvalue weighted by atomic mass is 32.2. The van der Waals surface area contributed by atoms with Crippen LogP contribution in [0, 0.1) is 11.3 Å². The third-order valence-electron chi connectivity index (χ3n) is 2.50. The SMILES string of the molecule is CC(NCCC#N)c1ccc(S(C)(=O)=O)cc1. The third kappa shape index (κ3) is 4.17. The average molecular weight is 252 g/mol. The zero-order valence-corrected chi connectivity index (χ0v) is 10.8. The van der Waals surface area contributed by atoms with Gasteiger partial charge in [0.2, 0.25) is 0 Å². The topological polar surface area (TPSA) is 70.0 Å². The second-order valence-electron chi connectivity index (χ2n) is 3.93. The predicted molar refractivity (Wildman–Crippen MR) is 66.2 cm³/mol. The van der Waals surface area contributed by atoms with Gasteiger partial charge in [0, 0.05) is 25.3 Å². The molecule has 0 spiro atoms. The molecule has 1 rings (SSSR count). The summed E-state index contributed by atoms with van der Waals surface area (Å²) in [7, 11) is -3.13. The Labute approximate surface area is 102 Å². The van der Waals surface area contributed by atoms with Crippen molar-refractivity contribution in [2.24, 2.45) is 0 Å². The molecule has 0 aliphatic rings. The van der Waals surface area contributed by atoms with Crippen molar-refractivity contribution in [3.05, 3.63) is 29.8 Å². The van der Waals surface area contributed by atoms with Gasteiger partial charge in [0.25, 0.3) is 0 Å². The molecule has 1 N–H and O–H groups in total. The van der Waals surface area contributed by atoms with E-state index in [1.54, 1.807) is 24.3 Å². The van der Waals surface area contributed by atoms with E-state index in [0.29, 0.717) is 17.9 Å². The standard InChI is InChI=1S/C12H16N2O2S/c1-10(14-9-3-8-13)11-4-6-12(7-5-11)17(2,15)16/h4-7,10,14H,3,9H2,1-2H3. The van der Waals surface area contributed by atoms with Gasteiger partial charge >= 0.3 is 0 Å². The van der Waals surface area contributed by atoms with Crippen molar-refractivity contribution in [3.63, 3.8) is 0 Å². The molecule has 0 saturated carbocycles. The second kappa shape index (κ2) is 5.80. The molecule has 0 bridgehead atoms. The van der Waals surface area contributed by atoms with Gasteiger partial charge in [-0.1, -0.05) is 12.1 Å². The van der Waals surface area contributed by atoms with Crippen LogP contribution < -0.4 is 5.32 Å². The van der Waals surface area contributed by atoms with E-state index in [0.717, 1.165) is 5.56 Å². The van der Waals surface area contributed by atoms with Crippen molar-refractivity contribution < 1.29 is 8.42 Å². The van der Waals surface area contributed by atoms with Crippen LogP contribution in [0.15, 0.2) is 29.2 Å². The van der Waals surface area contributed by atoms with Gasteiger partial charge in [0.1, 0.15) is 0 Å². The minimum atomic E-state index is -3.13. The Kier molecular flexibility index (Phi) is 4.67. The van der Waals surface area contributed by atoms with Crippen LogP contribution in [-0.4, -0.2) is 21.2 Å². The van der Waals surface area contributed by atoms with Crippen molar-refractivity contribution in [3.8, 4) is 6.07 Å². The summed E-state index contributed by atoms with van der Waals surface area (Å²) in [5, 5.41) is 11.6. The number of benzene rings is 1. The predicted octanol–water partition coefficient (Wildman–Crippen LogP) is 1.65. The van der Waals surface area contributed by atoms with Gasteiger partial charge in [-0.3, -0.25) is 0 Å². The molecule has 1 aromatic carbocycles. The van der Waals surface area contributed by atoms with Crippen LogP contribution in [0.1, 0.15) is 24.9 Å². The number of nitrogens with zero attached hydrogens (tertiary/aromatic N) is 1. The molecule has 5 heteroatoms. The van der Waals surface area contributed by atoms with E-state index in [1.165, 1.54) is 6.26 Å². The summed E-state index contributed by atoms with van der Waals surface area (Å²) in [6.45, 7) is 2.61. The molecule has 0 aliphatic heterocycles. The maximum atomic E-state index is 11.3. The molecule has 1 atom stereocenters. The van der Waals surface area contributed by atoms with Crippen molar-refractivity contribution in [2.75, 3.05) is 12.8 Å². The maximum absolute atomic E-state index is 11.3. The fourth-order valence-electron chi connectivity index (χ4n) is 1.47. The van der Waals surface area contributed by atoms with E-state index in [-0.39, 0.29) is 6.04 Å². The Morgan fingerprint density at radius 2 is 1.94 bits per heavy atom. The quantitative estimate of drug-likeness (QED) is 0.809. The van der Waals surface area contributed by atoms with E-state index >= 15 is 0 Å². The monoisotopic (exact) mass is 252 g/mol. The van der Waals surface area contributed by atoms with Gasteiger partial charge in [-0.15, -0.1) is 0 Å². The smallest absolute Gasteiger partial charge is 0.175 e. The van der Waals surface area contributed by atoms with E-state index in [1.807, 2.05) is 6.92 Å². The first-order valence-corrected chi connectivity index (χ1v) is 7.24. The normalized spacial score (nSPS) is 13.0. The Bertz CT molecular complexity index is 500. The van der Waals surface area contributed by atoms with Crippen molar-refractivity contribution in [2.45, 2.75) is 24.3 Å². The summed E-state index contributed by atoms with van der Waals surface area (Å²) in [6, 6.07) is 8.96. The lowest BCUT2D eigenvalue weighted by molar-refractivity contribution is 0.582. The highest BCUT2D eigenvalue weighted by Gasteiger charge is 2.08. The lowest BCUT2D eigenvalue weighted by Crippen LogP contribution is -2.19. The molecule has 0 saturated heterocycles. The highest BCUT2D eigenvalue weighted by molar-refractivity contribution is 7.90. The number of hydrogen-bond donors (Lipinski definition) is 1. The molecule has 4 nitrogen and oxygen atoms in total. The molecule has 17 heavy (non-hydrogen) atoms. The van der Waals surface area contributed by atoms with Crippen LogP contribution in [-0.2, 0) is 9.84 Å². The first kappa shape index (κ1) is 13.7. The van der Waals surface area contributed by atoms with E-state index < -0.39 is 9.84 Å². The lowest BCUT2D eigenvalue weighted by atomic mass is 10.1. The number of rotatable bonds is 5. The van der Waals surface area contributed by atoms with Gasteiger partial charge in [0.15, 0.2) is 9.84 Å². The van der Waals surface area contributed by atoms with Gasteiger partial charge in [0.05, 0.1) is 11.0 Å². The van der Waals surface area contributed by atoms with Crippen LogP contribution in [0.3, 0.4) is 0 Å². The second-order valence-corrected chi connectivity index (χ2v) is 5.94. The van der Waals surface area contributed by atoms with E-state index in [2.05, 4.69) is 11.4 Å². The molecule has 0 aliphatic carbocycles. The molecule has 0 aromatic heterocycles. The third-order valence-corrected chi connectivity index (χ3v) is 3.62. The molecule has 1 unspecified atom stereocenters. The molecule has 0 fully saturated rings. The molecule has 0 radical (unpaired) electrons. The Hall–Kier alpha value is -1.38. The van der Waals surface area contributed by atoms with Crippen molar-refractivity contribution >= 4 is 9.84 Å². The number of nitriles is 1. The number of sulfone groups is 1. The maximum Gasteiger partial charge on any atom is 0.175 e. The summed E-state index contributed by atoms with van der Waals surface area (Å²) in [4.78, 5) is 0.325. The minimum Gasteiger partial charge on any atom is -0.309 e. The van der Waals surface area contributed by atoms with Gasteiger partial charge in [-0.05, 0) is 24.6 Å². The molecular formula is C12H16N2O2S. The summed E-state index contributed by atoms with van der Waals surface area (Å²) in [6.07, 6.45) is 1.66. The molecule has 0 heterocycles. The average Bonchev–Trinajstić information content (AvgIpc) is 2.28. The van der Waals surface area contributed by atoms with Crippen LogP contribution in [0.25, 0.3) is 0 Å². The van der Waals surface area contributed by atoms with Crippen LogP contribution >= 0.6 is 0 Å². The first-order valence-electron chi connectivity index (χ1n) is 5.35. The summed E-state index contributed by atoms with van der Waals surface area (Å²) in [5.74, 6) is 0. The van der Waals surface area contributed by atoms with Gasteiger partial charge < -0.3 is 5.32 Å². The Morgan fingerprint density at radius 1 is 1.35 bits per heavy atom. The zero-order valence-electron chi connectivity index (χ0n) is 9.97. The van der Waals surface area contributed by atoms with E-state index in [9.17, 15) is 8.42 Å². The largest absolute Gasteiger partial charge is 0.309 e. The summed E-state index contributed by atoms with van der Waals surface area (Å²) < 4.78 is 22.5. The van der Waals surface area contributed by atoms with E-state index in [4.69, 9.17) is 5.26 Å². The first-order chi connectivity index (χ1) is 7.95. The summed E-state index contributed by atoms with van der Waals surface area (Å²) >= 11 is 0. The van der Waals surface area contributed by atoms with Gasteiger partial charge in [-0.2, -0.15) is 5.26 Å².